The van der Waals surface area contributed by atoms with Crippen LogP contribution in [-0.2, 0) is 16.2 Å². The van der Waals surface area contributed by atoms with Crippen LogP contribution >= 0.6 is 0 Å². The molecule has 3 aliphatic rings. The molecule has 0 heterocycles. The molecule has 10 aromatic rings. The first-order valence-electron chi connectivity index (χ1n) is 25.5. The van der Waals surface area contributed by atoms with Crippen LogP contribution in [0.25, 0.3) is 45.5 Å². The number of nitrogens with zero attached hydrogens (tertiary/aromatic N) is 1. The molecular weight excluding hydrogens is 905 g/mol. The van der Waals surface area contributed by atoms with Gasteiger partial charge >= 0.3 is 0 Å². The highest BCUT2D eigenvalue weighted by molar-refractivity contribution is 5.95. The molecular formula is C71H53F2N. The van der Waals surface area contributed by atoms with Crippen molar-refractivity contribution in [2.24, 2.45) is 0 Å². The molecule has 356 valence electrons. The van der Waals surface area contributed by atoms with Gasteiger partial charge in [-0.2, -0.15) is 0 Å². The molecule has 2 atom stereocenters. The van der Waals surface area contributed by atoms with E-state index in [0.717, 1.165) is 95.0 Å². The first-order chi connectivity index (χ1) is 36.0. The molecule has 0 aliphatic heterocycles. The van der Waals surface area contributed by atoms with Crippen molar-refractivity contribution in [3.8, 4) is 33.4 Å². The third-order valence-corrected chi connectivity index (χ3v) is 16.7. The van der Waals surface area contributed by atoms with Crippen LogP contribution in [0.2, 0.25) is 0 Å². The first-order valence-corrected chi connectivity index (χ1v) is 25.5. The maximum Gasteiger partial charge on any atom is 0.126 e. The Balaban J connectivity index is 1.13. The minimum absolute atomic E-state index is 0.235. The fourth-order valence-electron chi connectivity index (χ4n) is 13.3. The van der Waals surface area contributed by atoms with E-state index in [-0.39, 0.29) is 17.0 Å². The molecule has 10 aromatic carbocycles. The molecule has 0 radical (unpaired) electrons. The van der Waals surface area contributed by atoms with Crippen molar-refractivity contribution >= 4 is 29.2 Å². The predicted octanol–water partition coefficient (Wildman–Crippen LogP) is 18.4. The molecule has 74 heavy (non-hydrogen) atoms. The van der Waals surface area contributed by atoms with Crippen LogP contribution in [0.4, 0.5) is 25.8 Å². The van der Waals surface area contributed by atoms with Crippen LogP contribution in [0.1, 0.15) is 91.7 Å². The SMILES string of the molecule is C=Cc1ccc(C2(c3ccc(F)c(C)c3)c3ccccc3-c3ccc(N(c4ccc5c(c4)C(c4ccc(C=C)cc4)(c4ccc(F)c(C)c4)c4ccccc4-5)c4cccc5c4C(C)(C)c4ccccc4-5)cc32)cc1. The minimum Gasteiger partial charge on any atom is -0.310 e. The van der Waals surface area contributed by atoms with E-state index in [9.17, 15) is 0 Å². The third kappa shape index (κ3) is 6.26. The van der Waals surface area contributed by atoms with Gasteiger partial charge in [-0.15, -0.1) is 0 Å². The summed E-state index contributed by atoms with van der Waals surface area (Å²) in [7, 11) is 0. The quantitative estimate of drug-likeness (QED) is 0.139. The van der Waals surface area contributed by atoms with E-state index in [1.165, 1.54) is 22.3 Å². The van der Waals surface area contributed by atoms with Gasteiger partial charge < -0.3 is 4.90 Å². The second-order valence-corrected chi connectivity index (χ2v) is 20.8. The molecule has 0 saturated carbocycles. The van der Waals surface area contributed by atoms with Crippen molar-refractivity contribution in [1.29, 1.82) is 0 Å². The van der Waals surface area contributed by atoms with Gasteiger partial charge in [0, 0.05) is 16.8 Å². The molecule has 0 aromatic heterocycles. The first kappa shape index (κ1) is 45.2. The van der Waals surface area contributed by atoms with Crippen molar-refractivity contribution in [2.75, 3.05) is 4.90 Å². The Morgan fingerprint density at radius 1 is 0.378 bits per heavy atom. The zero-order valence-corrected chi connectivity index (χ0v) is 42.0. The van der Waals surface area contributed by atoms with Crippen molar-refractivity contribution in [2.45, 2.75) is 43.9 Å². The summed E-state index contributed by atoms with van der Waals surface area (Å²) in [5.41, 5.74) is 22.5. The Bertz CT molecular complexity index is 3760. The second kappa shape index (κ2) is 16.7. The topological polar surface area (TPSA) is 3.24 Å². The average molecular weight is 958 g/mol. The van der Waals surface area contributed by atoms with E-state index in [4.69, 9.17) is 0 Å². The number of hydrogen-bond acceptors (Lipinski definition) is 1. The van der Waals surface area contributed by atoms with Gasteiger partial charge in [0.1, 0.15) is 11.6 Å². The summed E-state index contributed by atoms with van der Waals surface area (Å²) in [5.74, 6) is -0.470. The molecule has 0 saturated heterocycles. The molecule has 0 amide bonds. The van der Waals surface area contributed by atoms with Gasteiger partial charge in [0.2, 0.25) is 0 Å². The van der Waals surface area contributed by atoms with Gasteiger partial charge in [-0.3, -0.25) is 0 Å². The summed E-state index contributed by atoms with van der Waals surface area (Å²) in [6.45, 7) is 16.6. The van der Waals surface area contributed by atoms with E-state index in [1.807, 2.05) is 50.3 Å². The van der Waals surface area contributed by atoms with Gasteiger partial charge in [-0.25, -0.2) is 8.78 Å². The van der Waals surface area contributed by atoms with Crippen LogP contribution < -0.4 is 4.90 Å². The summed E-state index contributed by atoms with van der Waals surface area (Å²) in [6.07, 6.45) is 3.75. The zero-order chi connectivity index (χ0) is 50.7. The summed E-state index contributed by atoms with van der Waals surface area (Å²) in [4.78, 5) is 2.47. The lowest BCUT2D eigenvalue weighted by Gasteiger charge is -2.37. The summed E-state index contributed by atoms with van der Waals surface area (Å²) in [6, 6.07) is 75.6. The number of rotatable bonds is 9. The summed E-state index contributed by atoms with van der Waals surface area (Å²) in [5, 5.41) is 0. The van der Waals surface area contributed by atoms with E-state index in [2.05, 4.69) is 208 Å². The number of aryl methyl sites for hydroxylation is 2. The summed E-state index contributed by atoms with van der Waals surface area (Å²) >= 11 is 0. The Hall–Kier alpha value is -8.66. The highest BCUT2D eigenvalue weighted by Crippen LogP contribution is 2.61. The Kier molecular flexibility index (Phi) is 10.2. The number of halogens is 2. The normalized spacial score (nSPS) is 17.1. The van der Waals surface area contributed by atoms with Crippen molar-refractivity contribution in [1.82, 2.24) is 0 Å². The van der Waals surface area contributed by atoms with Crippen LogP contribution in [-0.4, -0.2) is 0 Å². The van der Waals surface area contributed by atoms with Gasteiger partial charge in [-0.1, -0.05) is 209 Å². The van der Waals surface area contributed by atoms with E-state index in [1.54, 1.807) is 12.1 Å². The number of fused-ring (bicyclic) bond motifs is 9. The van der Waals surface area contributed by atoms with Gasteiger partial charge in [0.25, 0.3) is 0 Å². The molecule has 0 bridgehead atoms. The highest BCUT2D eigenvalue weighted by atomic mass is 19.1. The standard InChI is InChI=1S/C71H53F2N/c1-7-46-24-28-48(29-25-46)70(50-32-38-65(72)44(3)40-50)61-21-13-10-16-54(61)57-36-34-52(42-63(57)70)74(67-23-15-19-59-56-18-9-12-20-60(56)69(5,6)68(59)67)53-35-37-58-55-17-11-14-22-62(55)71(64(58)43-53,49-30-26-47(8-2)27-31-49)51-33-39-66(73)45(4)41-51/h7-43H,1-2H2,3-6H3. The fraction of sp³-hybridized carbons (Fsp3) is 0.0986. The second-order valence-electron chi connectivity index (χ2n) is 20.8. The van der Waals surface area contributed by atoms with Crippen LogP contribution in [0.3, 0.4) is 0 Å². The Labute approximate surface area is 433 Å². The smallest absolute Gasteiger partial charge is 0.126 e. The number of benzene rings is 10. The lowest BCUT2D eigenvalue weighted by atomic mass is 9.67. The maximum atomic E-state index is 15.5. The van der Waals surface area contributed by atoms with Gasteiger partial charge in [0.15, 0.2) is 0 Å². The lowest BCUT2D eigenvalue weighted by molar-refractivity contribution is 0.615. The molecule has 1 nitrogen and oxygen atoms in total. The zero-order valence-electron chi connectivity index (χ0n) is 42.0. The molecule has 2 unspecified atom stereocenters. The van der Waals surface area contributed by atoms with Crippen LogP contribution in [0.15, 0.2) is 225 Å². The lowest BCUT2D eigenvalue weighted by Crippen LogP contribution is -2.29. The highest BCUT2D eigenvalue weighted by Gasteiger charge is 2.49. The van der Waals surface area contributed by atoms with Crippen LogP contribution in [0, 0.1) is 25.5 Å². The minimum atomic E-state index is -0.813. The van der Waals surface area contributed by atoms with Crippen molar-refractivity contribution < 1.29 is 8.78 Å². The van der Waals surface area contributed by atoms with Crippen molar-refractivity contribution in [3.63, 3.8) is 0 Å². The maximum absolute atomic E-state index is 15.5. The summed E-state index contributed by atoms with van der Waals surface area (Å²) < 4.78 is 31.0. The number of hydrogen-bond donors (Lipinski definition) is 0. The molecule has 13 rings (SSSR count). The van der Waals surface area contributed by atoms with Crippen LogP contribution in [0.5, 0.6) is 0 Å². The average Bonchev–Trinajstić information content (AvgIpc) is 4.00. The molecule has 0 spiro atoms. The fourth-order valence-corrected chi connectivity index (χ4v) is 13.3. The Morgan fingerprint density at radius 3 is 1.22 bits per heavy atom. The van der Waals surface area contributed by atoms with Gasteiger partial charge in [0.05, 0.1) is 16.5 Å². The van der Waals surface area contributed by atoms with E-state index in [0.29, 0.717) is 11.1 Å². The molecule has 3 aliphatic carbocycles. The van der Waals surface area contributed by atoms with E-state index >= 15 is 8.78 Å². The molecule has 0 N–H and O–H groups in total. The third-order valence-electron chi connectivity index (χ3n) is 16.7. The van der Waals surface area contributed by atoms with Crippen molar-refractivity contribution in [3.05, 3.63) is 315 Å². The Morgan fingerprint density at radius 2 is 0.770 bits per heavy atom. The molecule has 0 fully saturated rings. The molecule has 3 heteroatoms. The number of anilines is 3. The largest absolute Gasteiger partial charge is 0.310 e. The van der Waals surface area contributed by atoms with Gasteiger partial charge in [-0.05, 0) is 168 Å². The predicted molar refractivity (Wildman–Crippen MR) is 303 cm³/mol. The monoisotopic (exact) mass is 957 g/mol. The van der Waals surface area contributed by atoms with E-state index < -0.39 is 10.8 Å².